The van der Waals surface area contributed by atoms with Crippen LogP contribution in [-0.4, -0.2) is 11.8 Å². The van der Waals surface area contributed by atoms with E-state index in [9.17, 15) is 9.59 Å². The van der Waals surface area contributed by atoms with Crippen LogP contribution in [0.2, 0.25) is 0 Å². The van der Waals surface area contributed by atoms with Crippen LogP contribution in [0.4, 0.5) is 0 Å². The Hall–Kier alpha value is -4.38. The third-order valence-electron chi connectivity index (χ3n) is 7.02. The minimum absolute atomic E-state index is 0.0196. The topological polar surface area (TPSA) is 67.4 Å². The summed E-state index contributed by atoms with van der Waals surface area (Å²) in [5, 5.41) is 6.04. The Morgan fingerprint density at radius 3 is 1.59 bits per heavy atom. The molecule has 2 amide bonds. The normalized spacial score (nSPS) is 11.7. The fraction of sp³-hybridized carbons (Fsp3) is 0.278. The molecule has 0 fully saturated rings. The summed E-state index contributed by atoms with van der Waals surface area (Å²) in [6, 6.07) is 32.5. The Morgan fingerprint density at radius 1 is 0.634 bits per heavy atom. The van der Waals surface area contributed by atoms with Gasteiger partial charge < -0.3 is 15.4 Å². The molecule has 0 aliphatic rings. The molecular formula is C36H40N2O3. The number of hydrogen-bond acceptors (Lipinski definition) is 3. The zero-order valence-corrected chi connectivity index (χ0v) is 24.8. The monoisotopic (exact) mass is 548 g/mol. The van der Waals surface area contributed by atoms with E-state index in [1.165, 1.54) is 0 Å². The molecule has 0 heterocycles. The van der Waals surface area contributed by atoms with Crippen molar-refractivity contribution in [1.82, 2.24) is 10.6 Å². The van der Waals surface area contributed by atoms with E-state index in [2.05, 4.69) is 52.2 Å². The third-order valence-corrected chi connectivity index (χ3v) is 7.02. The van der Waals surface area contributed by atoms with Crippen molar-refractivity contribution in [2.45, 2.75) is 65.1 Å². The maximum Gasteiger partial charge on any atom is 0.253 e. The second-order valence-electron chi connectivity index (χ2n) is 12.4. The molecule has 0 unspecified atom stereocenters. The fourth-order valence-corrected chi connectivity index (χ4v) is 4.40. The predicted molar refractivity (Wildman–Crippen MR) is 165 cm³/mol. The summed E-state index contributed by atoms with van der Waals surface area (Å²) in [5.41, 5.74) is 5.03. The summed E-state index contributed by atoms with van der Waals surface area (Å²) in [6.07, 6.45) is -0.778. The third kappa shape index (κ3) is 8.07. The highest BCUT2D eigenvalue weighted by molar-refractivity contribution is 5.97. The average molecular weight is 549 g/mol. The maximum atomic E-state index is 13.4. The summed E-state index contributed by atoms with van der Waals surface area (Å²) in [4.78, 5) is 26.7. The van der Waals surface area contributed by atoms with Gasteiger partial charge in [0.2, 0.25) is 0 Å². The molecule has 5 heteroatoms. The van der Waals surface area contributed by atoms with Crippen LogP contribution in [0.3, 0.4) is 0 Å². The highest BCUT2D eigenvalue weighted by Gasteiger charge is 2.21. The summed E-state index contributed by atoms with van der Waals surface area (Å²) >= 11 is 0. The molecule has 0 aliphatic heterocycles. The second-order valence-corrected chi connectivity index (χ2v) is 12.4. The van der Waals surface area contributed by atoms with E-state index in [0.29, 0.717) is 29.0 Å². The SMILES string of the molecule is CC(C)(C)c1ccc(C(=O)NC(NC(=O)c2ccc(C(C)(C)C)cc2)c2cccc(OCc3ccccc3)c2)cc1. The first-order valence-electron chi connectivity index (χ1n) is 14.0. The molecule has 2 N–H and O–H groups in total. The molecule has 0 aliphatic carbocycles. The molecule has 0 atom stereocenters. The van der Waals surface area contributed by atoms with Gasteiger partial charge in [0.15, 0.2) is 0 Å². The Balaban J connectivity index is 1.57. The molecule has 0 spiro atoms. The Morgan fingerprint density at radius 2 is 1.12 bits per heavy atom. The quantitative estimate of drug-likeness (QED) is 0.222. The minimum atomic E-state index is -0.778. The van der Waals surface area contributed by atoms with E-state index >= 15 is 0 Å². The number of carbonyl (C=O) groups excluding carboxylic acids is 2. The number of nitrogens with one attached hydrogen (secondary N) is 2. The zero-order valence-electron chi connectivity index (χ0n) is 24.8. The van der Waals surface area contributed by atoms with Gasteiger partial charge in [-0.15, -0.1) is 0 Å². The zero-order chi connectivity index (χ0) is 29.6. The summed E-state index contributed by atoms with van der Waals surface area (Å²) in [6.45, 7) is 13.2. The van der Waals surface area contributed by atoms with Crippen LogP contribution >= 0.6 is 0 Å². The number of rotatable bonds is 8. The first-order valence-corrected chi connectivity index (χ1v) is 14.0. The lowest BCUT2D eigenvalue weighted by Gasteiger charge is -2.23. The van der Waals surface area contributed by atoms with Crippen molar-refractivity contribution in [3.8, 4) is 5.75 Å². The lowest BCUT2D eigenvalue weighted by Crippen LogP contribution is -2.41. The maximum absolute atomic E-state index is 13.4. The summed E-state index contributed by atoms with van der Waals surface area (Å²) < 4.78 is 6.03. The highest BCUT2D eigenvalue weighted by atomic mass is 16.5. The first-order chi connectivity index (χ1) is 19.4. The summed E-state index contributed by atoms with van der Waals surface area (Å²) in [7, 11) is 0. The van der Waals surface area contributed by atoms with E-state index in [-0.39, 0.29) is 22.6 Å². The molecule has 0 bridgehead atoms. The number of benzene rings is 4. The van der Waals surface area contributed by atoms with Crippen molar-refractivity contribution < 1.29 is 14.3 Å². The molecule has 0 saturated heterocycles. The second kappa shape index (κ2) is 12.4. The fourth-order valence-electron chi connectivity index (χ4n) is 4.40. The summed E-state index contributed by atoms with van der Waals surface area (Å²) in [5.74, 6) is 0.0767. The van der Waals surface area contributed by atoms with Gasteiger partial charge in [-0.05, 0) is 69.5 Å². The average Bonchev–Trinajstić information content (AvgIpc) is 2.95. The molecule has 5 nitrogen and oxygen atoms in total. The van der Waals surface area contributed by atoms with Crippen LogP contribution in [0.25, 0.3) is 0 Å². The largest absolute Gasteiger partial charge is 0.489 e. The number of ether oxygens (including phenoxy) is 1. The molecule has 0 aromatic heterocycles. The van der Waals surface area contributed by atoms with Gasteiger partial charge in [0.1, 0.15) is 18.5 Å². The van der Waals surface area contributed by atoms with Crippen LogP contribution in [0.5, 0.6) is 5.75 Å². The number of carbonyl (C=O) groups is 2. The van der Waals surface area contributed by atoms with Crippen LogP contribution in [0.15, 0.2) is 103 Å². The lowest BCUT2D eigenvalue weighted by molar-refractivity contribution is 0.0883. The van der Waals surface area contributed by atoms with Gasteiger partial charge in [0.25, 0.3) is 11.8 Å². The van der Waals surface area contributed by atoms with Crippen molar-refractivity contribution in [3.05, 3.63) is 137 Å². The molecule has 0 radical (unpaired) electrons. The van der Waals surface area contributed by atoms with Gasteiger partial charge in [0, 0.05) is 11.1 Å². The van der Waals surface area contributed by atoms with Gasteiger partial charge in [0.05, 0.1) is 0 Å². The van der Waals surface area contributed by atoms with Crippen molar-refractivity contribution in [1.29, 1.82) is 0 Å². The van der Waals surface area contributed by atoms with Crippen LogP contribution in [0.1, 0.15) is 90.7 Å². The van der Waals surface area contributed by atoms with E-state index in [0.717, 1.165) is 16.7 Å². The lowest BCUT2D eigenvalue weighted by atomic mass is 9.86. The van der Waals surface area contributed by atoms with Gasteiger partial charge in [-0.1, -0.05) is 108 Å². The van der Waals surface area contributed by atoms with Crippen molar-refractivity contribution in [2.24, 2.45) is 0 Å². The van der Waals surface area contributed by atoms with E-state index in [4.69, 9.17) is 4.74 Å². The molecule has 212 valence electrons. The van der Waals surface area contributed by atoms with Crippen LogP contribution in [-0.2, 0) is 17.4 Å². The Bertz CT molecular complexity index is 1390. The van der Waals surface area contributed by atoms with E-state index in [1.54, 1.807) is 0 Å². The molecular weight excluding hydrogens is 508 g/mol. The van der Waals surface area contributed by atoms with Crippen molar-refractivity contribution >= 4 is 11.8 Å². The number of amides is 2. The van der Waals surface area contributed by atoms with Crippen molar-refractivity contribution in [2.75, 3.05) is 0 Å². The minimum Gasteiger partial charge on any atom is -0.489 e. The molecule has 4 aromatic carbocycles. The van der Waals surface area contributed by atoms with E-state index < -0.39 is 6.17 Å². The van der Waals surface area contributed by atoms with Gasteiger partial charge in [-0.25, -0.2) is 0 Å². The molecule has 4 aromatic rings. The van der Waals surface area contributed by atoms with Gasteiger partial charge >= 0.3 is 0 Å². The predicted octanol–water partition coefficient (Wildman–Crippen LogP) is 7.72. The van der Waals surface area contributed by atoms with E-state index in [1.807, 2.05) is 103 Å². The molecule has 41 heavy (non-hydrogen) atoms. The van der Waals surface area contributed by atoms with Crippen LogP contribution in [0, 0.1) is 0 Å². The number of hydrogen-bond donors (Lipinski definition) is 2. The molecule has 0 saturated carbocycles. The van der Waals surface area contributed by atoms with Crippen LogP contribution < -0.4 is 15.4 Å². The van der Waals surface area contributed by atoms with Crippen molar-refractivity contribution in [3.63, 3.8) is 0 Å². The molecule has 4 rings (SSSR count). The first kappa shape index (κ1) is 29.6. The van der Waals surface area contributed by atoms with Gasteiger partial charge in [-0.2, -0.15) is 0 Å². The Kier molecular flexibility index (Phi) is 8.97. The standard InChI is InChI=1S/C36H40N2O3/c1-35(2,3)29-19-15-26(16-20-29)33(39)37-32(38-34(40)27-17-21-30(22-18-27)36(4,5)6)28-13-10-14-31(23-28)41-24-25-11-8-7-9-12-25/h7-23,32H,24H2,1-6H3,(H,37,39)(H,38,40). The Labute approximate surface area is 244 Å². The highest BCUT2D eigenvalue weighted by Crippen LogP contribution is 2.25. The smallest absolute Gasteiger partial charge is 0.253 e. The van der Waals surface area contributed by atoms with Gasteiger partial charge in [-0.3, -0.25) is 9.59 Å².